The monoisotopic (exact) mass is 406 g/mol. The minimum absolute atomic E-state index is 0.134. The van der Waals surface area contributed by atoms with Gasteiger partial charge in [0, 0.05) is 28.8 Å². The molecule has 1 aromatic heterocycles. The van der Waals surface area contributed by atoms with Crippen LogP contribution in [0.25, 0.3) is 6.08 Å². The molecule has 0 atom stereocenters. The molecule has 0 bridgehead atoms. The molecule has 3 aromatic rings. The molecule has 0 fully saturated rings. The van der Waals surface area contributed by atoms with Gasteiger partial charge in [-0.25, -0.2) is 0 Å². The van der Waals surface area contributed by atoms with E-state index in [1.807, 2.05) is 49.4 Å². The van der Waals surface area contributed by atoms with E-state index in [-0.39, 0.29) is 17.5 Å². The molecular formula is C23H22N2O3S. The van der Waals surface area contributed by atoms with Gasteiger partial charge in [-0.1, -0.05) is 35.9 Å². The molecule has 0 aliphatic rings. The van der Waals surface area contributed by atoms with Gasteiger partial charge in [0.2, 0.25) is 0 Å². The van der Waals surface area contributed by atoms with Crippen LogP contribution in [0.15, 0.2) is 88.0 Å². The van der Waals surface area contributed by atoms with Crippen LogP contribution in [0.2, 0.25) is 0 Å². The summed E-state index contributed by atoms with van der Waals surface area (Å²) >= 11 is 1.65. The lowest BCUT2D eigenvalue weighted by Crippen LogP contribution is -2.35. The number of amides is 2. The first-order valence-electron chi connectivity index (χ1n) is 9.21. The van der Waals surface area contributed by atoms with E-state index in [9.17, 15) is 9.59 Å². The van der Waals surface area contributed by atoms with Crippen molar-refractivity contribution in [1.29, 1.82) is 0 Å². The Kier molecular flexibility index (Phi) is 7.30. The number of aryl methyl sites for hydroxylation is 1. The first-order valence-corrected chi connectivity index (χ1v) is 10.2. The molecule has 0 saturated heterocycles. The first kappa shape index (κ1) is 20.5. The van der Waals surface area contributed by atoms with E-state index in [2.05, 4.69) is 10.6 Å². The quantitative estimate of drug-likeness (QED) is 0.333. The smallest absolute Gasteiger partial charge is 0.267 e. The molecule has 0 unspecified atom stereocenters. The zero-order chi connectivity index (χ0) is 20.5. The van der Waals surface area contributed by atoms with Crippen molar-refractivity contribution >= 4 is 29.7 Å². The fourth-order valence-corrected chi connectivity index (χ4v) is 3.31. The summed E-state index contributed by atoms with van der Waals surface area (Å²) in [5.74, 6) is 0.487. The van der Waals surface area contributed by atoms with Crippen molar-refractivity contribution in [2.24, 2.45) is 0 Å². The average molecular weight is 407 g/mol. The molecule has 1 heterocycles. The van der Waals surface area contributed by atoms with Gasteiger partial charge >= 0.3 is 0 Å². The van der Waals surface area contributed by atoms with Crippen LogP contribution in [0, 0.1) is 6.92 Å². The lowest BCUT2D eigenvalue weighted by Gasteiger charge is -2.11. The lowest BCUT2D eigenvalue weighted by molar-refractivity contribution is -0.117. The van der Waals surface area contributed by atoms with Gasteiger partial charge in [-0.15, -0.1) is 11.8 Å². The summed E-state index contributed by atoms with van der Waals surface area (Å²) in [6.45, 7) is 2.42. The predicted octanol–water partition coefficient (Wildman–Crippen LogP) is 4.27. The van der Waals surface area contributed by atoms with E-state index >= 15 is 0 Å². The standard InChI is InChI=1S/C23H22N2O3S/c1-17-9-11-18(12-10-17)22(26)25-21(16-19-6-5-14-28-19)23(27)24-13-15-29-20-7-3-2-4-8-20/h2-12,14,16H,13,15H2,1H3,(H,24,27)(H,25,26)/b21-16-. The summed E-state index contributed by atoms with van der Waals surface area (Å²) < 4.78 is 5.29. The number of hydrogen-bond donors (Lipinski definition) is 2. The van der Waals surface area contributed by atoms with Gasteiger partial charge in [-0.05, 0) is 43.3 Å². The minimum Gasteiger partial charge on any atom is -0.465 e. The Morgan fingerprint density at radius 1 is 1.00 bits per heavy atom. The summed E-state index contributed by atoms with van der Waals surface area (Å²) in [4.78, 5) is 26.3. The summed E-state index contributed by atoms with van der Waals surface area (Å²) in [5.41, 5.74) is 1.67. The Morgan fingerprint density at radius 2 is 1.76 bits per heavy atom. The number of carbonyl (C=O) groups excluding carboxylic acids is 2. The molecule has 29 heavy (non-hydrogen) atoms. The van der Waals surface area contributed by atoms with Crippen LogP contribution in [0.1, 0.15) is 21.7 Å². The number of furan rings is 1. The van der Waals surface area contributed by atoms with Crippen LogP contribution < -0.4 is 10.6 Å². The summed E-state index contributed by atoms with van der Waals surface area (Å²) in [6.07, 6.45) is 3.03. The predicted molar refractivity (Wildman–Crippen MR) is 116 cm³/mol. The summed E-state index contributed by atoms with van der Waals surface area (Å²) in [7, 11) is 0. The molecule has 0 radical (unpaired) electrons. The van der Waals surface area contributed by atoms with Crippen LogP contribution in [0.4, 0.5) is 0 Å². The number of carbonyl (C=O) groups is 2. The van der Waals surface area contributed by atoms with Crippen LogP contribution in [0.5, 0.6) is 0 Å². The molecular weight excluding hydrogens is 384 g/mol. The molecule has 2 N–H and O–H groups in total. The van der Waals surface area contributed by atoms with E-state index in [1.165, 1.54) is 12.3 Å². The van der Waals surface area contributed by atoms with Crippen LogP contribution >= 0.6 is 11.8 Å². The highest BCUT2D eigenvalue weighted by molar-refractivity contribution is 7.99. The van der Waals surface area contributed by atoms with Crippen molar-refractivity contribution in [2.45, 2.75) is 11.8 Å². The zero-order valence-electron chi connectivity index (χ0n) is 16.1. The second kappa shape index (κ2) is 10.3. The van der Waals surface area contributed by atoms with Crippen LogP contribution in [-0.2, 0) is 4.79 Å². The Hall–Kier alpha value is -3.25. The largest absolute Gasteiger partial charge is 0.465 e. The van der Waals surface area contributed by atoms with Crippen molar-refractivity contribution in [1.82, 2.24) is 10.6 Å². The maximum Gasteiger partial charge on any atom is 0.267 e. The molecule has 0 aliphatic heterocycles. The molecule has 148 valence electrons. The zero-order valence-corrected chi connectivity index (χ0v) is 16.9. The third-order valence-corrected chi connectivity index (χ3v) is 5.05. The van der Waals surface area contributed by atoms with Crippen molar-refractivity contribution in [3.8, 4) is 0 Å². The Bertz CT molecular complexity index is 965. The van der Waals surface area contributed by atoms with E-state index in [1.54, 1.807) is 36.0 Å². The number of hydrogen-bond acceptors (Lipinski definition) is 4. The second-order valence-electron chi connectivity index (χ2n) is 6.31. The van der Waals surface area contributed by atoms with Crippen LogP contribution in [0.3, 0.4) is 0 Å². The third kappa shape index (κ3) is 6.40. The highest BCUT2D eigenvalue weighted by atomic mass is 32.2. The highest BCUT2D eigenvalue weighted by Crippen LogP contribution is 2.16. The Labute approximate surface area is 174 Å². The van der Waals surface area contributed by atoms with Gasteiger partial charge < -0.3 is 15.1 Å². The Balaban J connectivity index is 1.62. The maximum absolute atomic E-state index is 12.7. The molecule has 5 nitrogen and oxygen atoms in total. The SMILES string of the molecule is Cc1ccc(C(=O)N/C(=C\c2ccco2)C(=O)NCCSc2ccccc2)cc1. The molecule has 0 spiro atoms. The summed E-state index contributed by atoms with van der Waals surface area (Å²) in [6, 6.07) is 20.6. The van der Waals surface area contributed by atoms with E-state index < -0.39 is 0 Å². The third-order valence-electron chi connectivity index (χ3n) is 4.04. The normalized spacial score (nSPS) is 11.1. The van der Waals surface area contributed by atoms with Crippen molar-refractivity contribution in [3.63, 3.8) is 0 Å². The van der Waals surface area contributed by atoms with E-state index in [0.717, 1.165) is 16.2 Å². The Morgan fingerprint density at radius 3 is 2.45 bits per heavy atom. The van der Waals surface area contributed by atoms with Gasteiger partial charge in [-0.3, -0.25) is 9.59 Å². The topological polar surface area (TPSA) is 71.3 Å². The number of nitrogens with one attached hydrogen (secondary N) is 2. The van der Waals surface area contributed by atoms with E-state index in [0.29, 0.717) is 17.9 Å². The number of rotatable bonds is 8. The van der Waals surface area contributed by atoms with Gasteiger partial charge in [0.05, 0.1) is 6.26 Å². The minimum atomic E-state index is -0.365. The summed E-state index contributed by atoms with van der Waals surface area (Å²) in [5, 5.41) is 5.54. The second-order valence-corrected chi connectivity index (χ2v) is 7.48. The average Bonchev–Trinajstić information content (AvgIpc) is 3.25. The molecule has 2 aromatic carbocycles. The van der Waals surface area contributed by atoms with Crippen molar-refractivity contribution < 1.29 is 14.0 Å². The number of benzene rings is 2. The molecule has 6 heteroatoms. The van der Waals surface area contributed by atoms with Crippen molar-refractivity contribution in [2.75, 3.05) is 12.3 Å². The van der Waals surface area contributed by atoms with Crippen LogP contribution in [-0.4, -0.2) is 24.1 Å². The fourth-order valence-electron chi connectivity index (χ4n) is 2.52. The highest BCUT2D eigenvalue weighted by Gasteiger charge is 2.15. The maximum atomic E-state index is 12.7. The van der Waals surface area contributed by atoms with Gasteiger partial charge in [0.25, 0.3) is 11.8 Å². The van der Waals surface area contributed by atoms with E-state index in [4.69, 9.17) is 4.42 Å². The molecule has 0 aliphatic carbocycles. The van der Waals surface area contributed by atoms with Gasteiger partial charge in [0.1, 0.15) is 11.5 Å². The van der Waals surface area contributed by atoms with Crippen molar-refractivity contribution in [3.05, 3.63) is 95.6 Å². The van der Waals surface area contributed by atoms with Gasteiger partial charge in [0.15, 0.2) is 0 Å². The molecule has 0 saturated carbocycles. The number of thioether (sulfide) groups is 1. The fraction of sp³-hybridized carbons (Fsp3) is 0.130. The first-order chi connectivity index (χ1) is 14.1. The molecule has 2 amide bonds. The molecule has 3 rings (SSSR count). The lowest BCUT2D eigenvalue weighted by atomic mass is 10.1. The van der Waals surface area contributed by atoms with Gasteiger partial charge in [-0.2, -0.15) is 0 Å².